The van der Waals surface area contributed by atoms with Gasteiger partial charge in [-0.1, -0.05) is 125 Å². The molecular formula is C34H40Cl6O8. The van der Waals surface area contributed by atoms with Gasteiger partial charge < -0.3 is 18.9 Å². The number of esters is 4. The quantitative estimate of drug-likeness (QED) is 0.0806. The third kappa shape index (κ3) is 11.0. The van der Waals surface area contributed by atoms with E-state index >= 15 is 0 Å². The summed E-state index contributed by atoms with van der Waals surface area (Å²) < 4.78 is 21.6. The largest absolute Gasteiger partial charge is 0.461 e. The molecule has 0 spiro atoms. The second kappa shape index (κ2) is 17.8. The second-order valence-corrected chi connectivity index (χ2v) is 15.6. The zero-order valence-corrected chi connectivity index (χ0v) is 32.6. The summed E-state index contributed by atoms with van der Waals surface area (Å²) in [5.41, 5.74) is -1.67. The van der Waals surface area contributed by atoms with E-state index in [-0.39, 0.29) is 54.2 Å². The van der Waals surface area contributed by atoms with Crippen LogP contribution in [0, 0.1) is 22.7 Å². The summed E-state index contributed by atoms with van der Waals surface area (Å²) in [5.74, 6) is -5.82. The van der Waals surface area contributed by atoms with E-state index in [1.54, 1.807) is 0 Å². The summed E-state index contributed by atoms with van der Waals surface area (Å²) in [5, 5.41) is -1.55. The Labute approximate surface area is 311 Å². The maximum atomic E-state index is 13.3. The Balaban J connectivity index is 2.41. The molecule has 0 aromatic heterocycles. The van der Waals surface area contributed by atoms with E-state index < -0.39 is 46.5 Å². The standard InChI is InChI=1S/C34H40Cl6O8/c1-9-33(7,13-17(3)4)15-45-29(41)23-25(39)19(35)11-21(37)27(23)47-31(43)32(44)48-28-22(38)12-20(36)26(40)24(28)30(42)46-16-34(8,10-2)14-18(5)6/h11-12,17-18H,9-10,13-16H2,1-8H3. The van der Waals surface area contributed by atoms with Gasteiger partial charge in [-0.15, -0.1) is 0 Å². The maximum Gasteiger partial charge on any atom is 0.423 e. The van der Waals surface area contributed by atoms with Crippen LogP contribution in [0.25, 0.3) is 0 Å². The number of hydrogen-bond acceptors (Lipinski definition) is 8. The van der Waals surface area contributed by atoms with Crippen molar-refractivity contribution in [3.63, 3.8) is 0 Å². The van der Waals surface area contributed by atoms with Gasteiger partial charge in [-0.3, -0.25) is 0 Å². The van der Waals surface area contributed by atoms with Crippen LogP contribution in [-0.2, 0) is 19.1 Å². The minimum atomic E-state index is -1.65. The molecule has 0 fully saturated rings. The normalized spacial score (nSPS) is 13.9. The highest BCUT2D eigenvalue weighted by Gasteiger charge is 2.34. The van der Waals surface area contributed by atoms with Crippen LogP contribution < -0.4 is 9.47 Å². The lowest BCUT2D eigenvalue weighted by Gasteiger charge is -2.29. The molecule has 0 aliphatic heterocycles. The smallest absolute Gasteiger partial charge is 0.423 e. The molecule has 0 aliphatic carbocycles. The zero-order chi connectivity index (χ0) is 36.7. The fourth-order valence-corrected chi connectivity index (χ4v) is 6.63. The first-order chi connectivity index (χ1) is 22.2. The molecule has 2 aromatic rings. The van der Waals surface area contributed by atoms with Gasteiger partial charge >= 0.3 is 23.9 Å². The lowest BCUT2D eigenvalue weighted by molar-refractivity contribution is -0.156. The summed E-state index contributed by atoms with van der Waals surface area (Å²) in [7, 11) is 0. The molecule has 8 nitrogen and oxygen atoms in total. The predicted octanol–water partition coefficient (Wildman–Crippen LogP) is 11.4. The van der Waals surface area contributed by atoms with Crippen molar-refractivity contribution in [2.75, 3.05) is 13.2 Å². The van der Waals surface area contributed by atoms with Crippen LogP contribution in [0.4, 0.5) is 0 Å². The Hall–Kier alpha value is -1.94. The molecule has 0 amide bonds. The monoisotopic (exact) mass is 786 g/mol. The Morgan fingerprint density at radius 1 is 0.604 bits per heavy atom. The minimum absolute atomic E-state index is 0.0139. The zero-order valence-electron chi connectivity index (χ0n) is 28.1. The van der Waals surface area contributed by atoms with Gasteiger partial charge in [0.05, 0.1) is 43.3 Å². The Kier molecular flexibility index (Phi) is 15.7. The number of carbonyl (C=O) groups excluding carboxylic acids is 4. The van der Waals surface area contributed by atoms with Crippen LogP contribution in [0.3, 0.4) is 0 Å². The van der Waals surface area contributed by atoms with Crippen molar-refractivity contribution >= 4 is 93.5 Å². The molecule has 0 aliphatic rings. The highest BCUT2D eigenvalue weighted by molar-refractivity contribution is 6.47. The van der Waals surface area contributed by atoms with Gasteiger partial charge in [0.15, 0.2) is 11.5 Å². The topological polar surface area (TPSA) is 105 Å². The first-order valence-electron chi connectivity index (χ1n) is 15.3. The van der Waals surface area contributed by atoms with Crippen LogP contribution in [0.15, 0.2) is 12.1 Å². The summed E-state index contributed by atoms with van der Waals surface area (Å²) in [6.45, 7) is 16.1. The maximum absolute atomic E-state index is 13.3. The minimum Gasteiger partial charge on any atom is -0.461 e. The van der Waals surface area contributed by atoms with Gasteiger partial charge in [-0.2, -0.15) is 0 Å². The molecule has 0 saturated carbocycles. The molecule has 266 valence electrons. The van der Waals surface area contributed by atoms with Crippen molar-refractivity contribution in [1.82, 2.24) is 0 Å². The van der Waals surface area contributed by atoms with E-state index in [9.17, 15) is 19.2 Å². The molecule has 0 saturated heterocycles. The van der Waals surface area contributed by atoms with E-state index in [1.165, 1.54) is 0 Å². The molecule has 2 unspecified atom stereocenters. The van der Waals surface area contributed by atoms with Gasteiger partial charge in [-0.05, 0) is 49.7 Å². The molecule has 0 heterocycles. The van der Waals surface area contributed by atoms with Crippen LogP contribution in [0.1, 0.15) is 102 Å². The van der Waals surface area contributed by atoms with Crippen LogP contribution in [-0.4, -0.2) is 37.1 Å². The van der Waals surface area contributed by atoms with Crippen molar-refractivity contribution in [3.05, 3.63) is 53.4 Å². The Morgan fingerprint density at radius 3 is 1.19 bits per heavy atom. The fourth-order valence-electron chi connectivity index (χ4n) is 5.20. The van der Waals surface area contributed by atoms with Crippen molar-refractivity contribution in [2.24, 2.45) is 22.7 Å². The van der Waals surface area contributed by atoms with Crippen LogP contribution >= 0.6 is 69.6 Å². The van der Waals surface area contributed by atoms with Crippen molar-refractivity contribution in [2.45, 2.75) is 81.1 Å². The molecule has 2 rings (SSSR count). The van der Waals surface area contributed by atoms with Gasteiger partial charge in [0.2, 0.25) is 0 Å². The number of ether oxygens (including phenoxy) is 4. The third-order valence-electron chi connectivity index (χ3n) is 7.83. The molecule has 0 N–H and O–H groups in total. The first-order valence-corrected chi connectivity index (χ1v) is 17.6. The van der Waals surface area contributed by atoms with E-state index in [1.807, 2.05) is 55.4 Å². The summed E-state index contributed by atoms with van der Waals surface area (Å²) >= 11 is 37.6. The van der Waals surface area contributed by atoms with Gasteiger partial charge in [0.1, 0.15) is 11.1 Å². The van der Waals surface area contributed by atoms with Gasteiger partial charge in [-0.25, -0.2) is 19.2 Å². The van der Waals surface area contributed by atoms with E-state index in [0.717, 1.165) is 25.0 Å². The Morgan fingerprint density at radius 2 is 0.917 bits per heavy atom. The average Bonchev–Trinajstić information content (AvgIpc) is 2.99. The second-order valence-electron chi connectivity index (χ2n) is 13.2. The number of carbonyl (C=O) groups is 4. The first kappa shape index (κ1) is 42.2. The number of hydrogen-bond donors (Lipinski definition) is 0. The lowest BCUT2D eigenvalue weighted by atomic mass is 9.80. The van der Waals surface area contributed by atoms with Crippen molar-refractivity contribution < 1.29 is 38.1 Å². The van der Waals surface area contributed by atoms with Crippen LogP contribution in [0.2, 0.25) is 30.1 Å². The summed E-state index contributed by atoms with van der Waals surface area (Å²) in [4.78, 5) is 52.7. The van der Waals surface area contributed by atoms with E-state index in [4.69, 9.17) is 88.6 Å². The summed E-state index contributed by atoms with van der Waals surface area (Å²) in [6, 6.07) is 2.25. The molecular weight excluding hydrogens is 749 g/mol. The molecule has 48 heavy (non-hydrogen) atoms. The van der Waals surface area contributed by atoms with E-state index in [0.29, 0.717) is 24.7 Å². The number of benzene rings is 2. The average molecular weight is 789 g/mol. The summed E-state index contributed by atoms with van der Waals surface area (Å²) in [6.07, 6.45) is 2.94. The molecule has 2 aromatic carbocycles. The number of halogens is 6. The SMILES string of the molecule is CCC(C)(COC(=O)c1c(Cl)c(Cl)cc(Cl)c1OC(=O)C(=O)Oc1c(Cl)cc(Cl)c(Cl)c1C(=O)OCC(C)(CC)CC(C)C)CC(C)C. The third-order valence-corrected chi connectivity index (χ3v) is 9.97. The number of rotatable bonds is 14. The lowest BCUT2D eigenvalue weighted by Crippen LogP contribution is -2.29. The van der Waals surface area contributed by atoms with Gasteiger partial charge in [0.25, 0.3) is 0 Å². The Bertz CT molecular complexity index is 1430. The molecule has 0 bridgehead atoms. The van der Waals surface area contributed by atoms with Gasteiger partial charge in [0, 0.05) is 10.8 Å². The highest BCUT2D eigenvalue weighted by atomic mass is 35.5. The molecule has 0 radical (unpaired) electrons. The van der Waals surface area contributed by atoms with Crippen molar-refractivity contribution in [3.8, 4) is 11.5 Å². The van der Waals surface area contributed by atoms with E-state index in [2.05, 4.69) is 0 Å². The highest BCUT2D eigenvalue weighted by Crippen LogP contribution is 2.42. The van der Waals surface area contributed by atoms with Crippen molar-refractivity contribution in [1.29, 1.82) is 0 Å². The molecule has 2 atom stereocenters. The van der Waals surface area contributed by atoms with Crippen LogP contribution in [0.5, 0.6) is 11.5 Å². The fraction of sp³-hybridized carbons (Fsp3) is 0.529. The molecule has 14 heteroatoms. The predicted molar refractivity (Wildman–Crippen MR) is 190 cm³/mol.